The predicted octanol–water partition coefficient (Wildman–Crippen LogP) is 4.71. The Labute approximate surface area is 163 Å². The van der Waals surface area contributed by atoms with Gasteiger partial charge in [-0.05, 0) is 48.9 Å². The third-order valence-corrected chi connectivity index (χ3v) is 5.93. The molecule has 0 aliphatic heterocycles. The molecule has 0 unspecified atom stereocenters. The summed E-state index contributed by atoms with van der Waals surface area (Å²) in [7, 11) is -3.95. The molecule has 0 atom stereocenters. The highest BCUT2D eigenvalue weighted by Crippen LogP contribution is 2.31. The zero-order valence-corrected chi connectivity index (χ0v) is 16.1. The van der Waals surface area contributed by atoms with E-state index in [0.717, 1.165) is 11.3 Å². The van der Waals surface area contributed by atoms with Gasteiger partial charge in [-0.25, -0.2) is 17.8 Å². The Morgan fingerprint density at radius 3 is 2.63 bits per heavy atom. The van der Waals surface area contributed by atoms with Gasteiger partial charge in [-0.2, -0.15) is 5.26 Å². The Balaban J connectivity index is 1.91. The number of aromatic nitrogens is 1. The molecule has 3 aromatic rings. The number of ether oxygens (including phenoxy) is 1. The van der Waals surface area contributed by atoms with E-state index < -0.39 is 15.8 Å². The van der Waals surface area contributed by atoms with Crippen molar-refractivity contribution in [3.63, 3.8) is 0 Å². The first-order valence-corrected chi connectivity index (χ1v) is 10.1. The van der Waals surface area contributed by atoms with Gasteiger partial charge in [-0.1, -0.05) is 22.9 Å². The number of halogens is 2. The summed E-state index contributed by atoms with van der Waals surface area (Å²) in [6.07, 6.45) is 1.33. The Hall–Kier alpha value is -2.67. The summed E-state index contributed by atoms with van der Waals surface area (Å²) in [5, 5.41) is 9.47. The topological polar surface area (TPSA) is 92.1 Å². The number of aryl methyl sites for hydroxylation is 1. The summed E-state index contributed by atoms with van der Waals surface area (Å²) in [5.41, 5.74) is 0.552. The molecule has 0 amide bonds. The molecule has 0 saturated carbocycles. The first kappa shape index (κ1) is 19.1. The molecule has 1 N–H and O–H groups in total. The van der Waals surface area contributed by atoms with E-state index in [4.69, 9.17) is 16.3 Å². The summed E-state index contributed by atoms with van der Waals surface area (Å²) in [4.78, 5) is 3.70. The highest BCUT2D eigenvalue weighted by Gasteiger charge is 2.19. The maximum absolute atomic E-state index is 13.2. The molecule has 2 aromatic carbocycles. The van der Waals surface area contributed by atoms with Crippen molar-refractivity contribution in [1.29, 1.82) is 5.26 Å². The molecule has 0 spiro atoms. The summed E-state index contributed by atoms with van der Waals surface area (Å²) in [6, 6.07) is 9.71. The number of anilines is 1. The molecule has 0 fully saturated rings. The molecule has 10 heteroatoms. The molecule has 1 aromatic heterocycles. The monoisotopic (exact) mass is 423 g/mol. The molecule has 138 valence electrons. The van der Waals surface area contributed by atoms with Crippen LogP contribution in [0.1, 0.15) is 11.1 Å². The van der Waals surface area contributed by atoms with E-state index in [1.54, 1.807) is 6.92 Å². The normalized spacial score (nSPS) is 11.0. The lowest BCUT2D eigenvalue weighted by molar-refractivity contribution is 0.474. The van der Waals surface area contributed by atoms with Crippen LogP contribution in [-0.4, -0.2) is 13.4 Å². The average molecular weight is 424 g/mol. The fourth-order valence-electron chi connectivity index (χ4n) is 2.17. The second-order valence-corrected chi connectivity index (χ2v) is 8.70. The second-order valence-electron chi connectivity index (χ2n) is 5.36. The molecule has 6 nitrogen and oxygen atoms in total. The van der Waals surface area contributed by atoms with Crippen molar-refractivity contribution in [1.82, 2.24) is 4.98 Å². The standard InChI is InChI=1S/C17H11ClFN3O3S2/c1-10-6-12(19)2-4-14(10)25-15-5-3-13(7-11(15)8-20)27(23,24)22-17-21-9-16(18)26-17/h2-7,9H,1H3,(H,21,22). The van der Waals surface area contributed by atoms with Gasteiger partial charge < -0.3 is 4.74 Å². The highest BCUT2D eigenvalue weighted by atomic mass is 35.5. The van der Waals surface area contributed by atoms with Gasteiger partial charge in [0.2, 0.25) is 0 Å². The highest BCUT2D eigenvalue weighted by molar-refractivity contribution is 7.93. The molecule has 1 heterocycles. The van der Waals surface area contributed by atoms with Gasteiger partial charge in [0.15, 0.2) is 5.13 Å². The van der Waals surface area contributed by atoms with E-state index in [1.807, 2.05) is 6.07 Å². The van der Waals surface area contributed by atoms with Crippen molar-refractivity contribution in [2.75, 3.05) is 4.72 Å². The Morgan fingerprint density at radius 2 is 2.00 bits per heavy atom. The molecule has 27 heavy (non-hydrogen) atoms. The summed E-state index contributed by atoms with van der Waals surface area (Å²) < 4.78 is 46.4. The van der Waals surface area contributed by atoms with Crippen LogP contribution in [0.3, 0.4) is 0 Å². The Bertz CT molecular complexity index is 1160. The third kappa shape index (κ3) is 4.36. The first-order valence-electron chi connectivity index (χ1n) is 7.41. The smallest absolute Gasteiger partial charge is 0.263 e. The average Bonchev–Trinajstić information content (AvgIpc) is 3.01. The molecule has 0 bridgehead atoms. The largest absolute Gasteiger partial charge is 0.456 e. The number of thiazole rings is 1. The van der Waals surface area contributed by atoms with E-state index in [1.165, 1.54) is 42.6 Å². The van der Waals surface area contributed by atoms with Crippen LogP contribution in [0.2, 0.25) is 4.34 Å². The SMILES string of the molecule is Cc1cc(F)ccc1Oc1ccc(S(=O)(=O)Nc2ncc(Cl)s2)cc1C#N. The number of rotatable bonds is 5. The van der Waals surface area contributed by atoms with E-state index in [2.05, 4.69) is 9.71 Å². The van der Waals surface area contributed by atoms with E-state index in [9.17, 15) is 18.1 Å². The Morgan fingerprint density at radius 1 is 1.26 bits per heavy atom. The number of benzene rings is 2. The van der Waals surface area contributed by atoms with Gasteiger partial charge in [0.05, 0.1) is 16.7 Å². The minimum absolute atomic E-state index is 0.0128. The number of nitriles is 1. The lowest BCUT2D eigenvalue weighted by Gasteiger charge is -2.11. The van der Waals surface area contributed by atoms with Gasteiger partial charge in [0.1, 0.15) is 27.7 Å². The van der Waals surface area contributed by atoms with Crippen LogP contribution in [0.4, 0.5) is 9.52 Å². The molecular weight excluding hydrogens is 413 g/mol. The van der Waals surface area contributed by atoms with Crippen molar-refractivity contribution in [2.24, 2.45) is 0 Å². The van der Waals surface area contributed by atoms with E-state index >= 15 is 0 Å². The fourth-order valence-corrected chi connectivity index (χ4v) is 4.25. The van der Waals surface area contributed by atoms with Crippen LogP contribution >= 0.6 is 22.9 Å². The van der Waals surface area contributed by atoms with Crippen molar-refractivity contribution >= 4 is 38.1 Å². The number of nitrogens with one attached hydrogen (secondary N) is 1. The summed E-state index contributed by atoms with van der Waals surface area (Å²) in [5.74, 6) is 0.109. The van der Waals surface area contributed by atoms with Crippen LogP contribution in [0.5, 0.6) is 11.5 Å². The minimum Gasteiger partial charge on any atom is -0.456 e. The molecule has 3 rings (SSSR count). The van der Waals surface area contributed by atoms with Gasteiger partial charge in [-0.3, -0.25) is 4.72 Å². The Kier molecular flexibility index (Phi) is 5.32. The fraction of sp³-hybridized carbons (Fsp3) is 0.0588. The molecule has 0 aliphatic carbocycles. The van der Waals surface area contributed by atoms with Crippen molar-refractivity contribution in [3.8, 4) is 17.6 Å². The molecular formula is C17H11ClFN3O3S2. The van der Waals surface area contributed by atoms with Crippen LogP contribution in [0.15, 0.2) is 47.5 Å². The quantitative estimate of drug-likeness (QED) is 0.641. The van der Waals surface area contributed by atoms with E-state index in [0.29, 0.717) is 15.6 Å². The zero-order valence-electron chi connectivity index (χ0n) is 13.7. The number of nitrogens with zero attached hydrogens (tertiary/aromatic N) is 2. The lowest BCUT2D eigenvalue weighted by atomic mass is 10.2. The first-order chi connectivity index (χ1) is 12.8. The van der Waals surface area contributed by atoms with Crippen LogP contribution < -0.4 is 9.46 Å². The summed E-state index contributed by atoms with van der Waals surface area (Å²) in [6.45, 7) is 1.66. The zero-order chi connectivity index (χ0) is 19.6. The third-order valence-electron chi connectivity index (χ3n) is 3.44. The predicted molar refractivity (Wildman–Crippen MR) is 100 cm³/mol. The van der Waals surface area contributed by atoms with Gasteiger partial charge >= 0.3 is 0 Å². The molecule has 0 radical (unpaired) electrons. The van der Waals surface area contributed by atoms with Gasteiger partial charge in [0, 0.05) is 0 Å². The van der Waals surface area contributed by atoms with Crippen LogP contribution in [0.25, 0.3) is 0 Å². The second kappa shape index (κ2) is 7.52. The van der Waals surface area contributed by atoms with E-state index in [-0.39, 0.29) is 21.3 Å². The number of hydrogen-bond acceptors (Lipinski definition) is 6. The number of sulfonamides is 1. The van der Waals surface area contributed by atoms with Crippen molar-refractivity contribution in [3.05, 3.63) is 63.9 Å². The number of hydrogen-bond donors (Lipinski definition) is 1. The molecule has 0 saturated heterocycles. The lowest BCUT2D eigenvalue weighted by Crippen LogP contribution is -2.13. The minimum atomic E-state index is -3.95. The van der Waals surface area contributed by atoms with Crippen molar-refractivity contribution in [2.45, 2.75) is 11.8 Å². The van der Waals surface area contributed by atoms with Crippen LogP contribution in [0, 0.1) is 24.1 Å². The van der Waals surface area contributed by atoms with Gasteiger partial charge in [0.25, 0.3) is 10.0 Å². The maximum Gasteiger partial charge on any atom is 0.263 e. The maximum atomic E-state index is 13.2. The molecule has 0 aliphatic rings. The van der Waals surface area contributed by atoms with Gasteiger partial charge in [-0.15, -0.1) is 0 Å². The summed E-state index contributed by atoms with van der Waals surface area (Å²) >= 11 is 6.71. The van der Waals surface area contributed by atoms with Crippen molar-refractivity contribution < 1.29 is 17.5 Å². The van der Waals surface area contributed by atoms with Crippen LogP contribution in [-0.2, 0) is 10.0 Å².